The van der Waals surface area contributed by atoms with Gasteiger partial charge in [0.1, 0.15) is 17.7 Å². The summed E-state index contributed by atoms with van der Waals surface area (Å²) in [4.78, 5) is 58.4. The molecule has 4 atom stereocenters. The van der Waals surface area contributed by atoms with Crippen LogP contribution in [0.1, 0.15) is 75.4 Å². The van der Waals surface area contributed by atoms with Gasteiger partial charge in [-0.15, -0.1) is 0 Å². The molecule has 14 heteroatoms. The van der Waals surface area contributed by atoms with Crippen LogP contribution in [0.15, 0.2) is 48.7 Å². The third-order valence-corrected chi connectivity index (χ3v) is 11.2. The highest BCUT2D eigenvalue weighted by molar-refractivity contribution is 7.99. The summed E-state index contributed by atoms with van der Waals surface area (Å²) in [5.41, 5.74) is 5.41. The summed E-state index contributed by atoms with van der Waals surface area (Å²) >= 11 is 1.78. The standard InChI is InChI=1S/C40H50N8O5S/c1-24(2)32(45-39(50)52-5)22-47-17-7-8-33(47)37-42-29-16-13-27(20-30(29)43-37)10-9-26-11-14-28(15-12-26)31-21-41-36(44-31)34-23-54-19-18-48(34)38(49)35(25(3)4)46-40(51)53-6/h11-16,20-21,24-25,32-35H,7-8,17-19,22-23H2,1-6H3,(H,41,44)(H,42,43)(H,45,50)(H,46,51). The van der Waals surface area contributed by atoms with E-state index in [0.29, 0.717) is 18.1 Å². The molecule has 0 saturated carbocycles. The van der Waals surface area contributed by atoms with E-state index in [1.54, 1.807) is 18.0 Å². The van der Waals surface area contributed by atoms with Gasteiger partial charge in [-0.1, -0.05) is 51.7 Å². The van der Waals surface area contributed by atoms with Crippen LogP contribution in [-0.2, 0) is 14.3 Å². The van der Waals surface area contributed by atoms with Crippen LogP contribution < -0.4 is 10.6 Å². The second-order valence-corrected chi connectivity index (χ2v) is 15.6. The maximum absolute atomic E-state index is 13.6. The van der Waals surface area contributed by atoms with Crippen molar-refractivity contribution in [3.05, 3.63) is 71.4 Å². The molecule has 13 nitrogen and oxygen atoms in total. The highest BCUT2D eigenvalue weighted by Gasteiger charge is 2.36. The number of benzene rings is 2. The first-order valence-corrected chi connectivity index (χ1v) is 19.7. The number of hydrogen-bond acceptors (Lipinski definition) is 9. The van der Waals surface area contributed by atoms with E-state index in [2.05, 4.69) is 56.2 Å². The molecule has 2 aliphatic rings. The molecule has 4 heterocycles. The summed E-state index contributed by atoms with van der Waals surface area (Å²) in [6, 6.07) is 13.2. The summed E-state index contributed by atoms with van der Waals surface area (Å²) in [7, 11) is 2.68. The number of nitrogens with one attached hydrogen (secondary N) is 4. The Kier molecular flexibility index (Phi) is 12.5. The van der Waals surface area contributed by atoms with Crippen molar-refractivity contribution >= 4 is 40.9 Å². The lowest BCUT2D eigenvalue weighted by atomic mass is 10.0. The number of aromatic nitrogens is 4. The Morgan fingerprint density at radius 3 is 2.35 bits per heavy atom. The van der Waals surface area contributed by atoms with Crippen LogP contribution in [0, 0.1) is 23.7 Å². The van der Waals surface area contributed by atoms with Gasteiger partial charge in [-0.05, 0) is 67.1 Å². The van der Waals surface area contributed by atoms with Gasteiger partial charge >= 0.3 is 12.2 Å². The second kappa shape index (κ2) is 17.4. The smallest absolute Gasteiger partial charge is 0.407 e. The maximum atomic E-state index is 13.6. The molecule has 2 fully saturated rings. The van der Waals surface area contributed by atoms with Gasteiger partial charge in [0, 0.05) is 41.8 Å². The zero-order chi connectivity index (χ0) is 38.4. The average Bonchev–Trinajstić information content (AvgIpc) is 3.95. The monoisotopic (exact) mass is 754 g/mol. The summed E-state index contributed by atoms with van der Waals surface area (Å²) < 4.78 is 9.63. The summed E-state index contributed by atoms with van der Waals surface area (Å²) in [6.45, 7) is 10.3. The first kappa shape index (κ1) is 38.7. The first-order valence-electron chi connectivity index (χ1n) is 18.5. The van der Waals surface area contributed by atoms with Crippen molar-refractivity contribution in [2.24, 2.45) is 11.8 Å². The molecule has 6 rings (SSSR count). The molecule has 2 aliphatic heterocycles. The van der Waals surface area contributed by atoms with Crippen molar-refractivity contribution in [1.82, 2.24) is 40.4 Å². The van der Waals surface area contributed by atoms with Crippen LogP contribution in [0.2, 0.25) is 0 Å². The average molecular weight is 755 g/mol. The summed E-state index contributed by atoms with van der Waals surface area (Å²) in [6.07, 6.45) is 2.83. The van der Waals surface area contributed by atoms with E-state index in [9.17, 15) is 14.4 Å². The van der Waals surface area contributed by atoms with E-state index in [1.165, 1.54) is 14.2 Å². The number of carbonyl (C=O) groups is 3. The summed E-state index contributed by atoms with van der Waals surface area (Å²) in [5, 5.41) is 5.70. The van der Waals surface area contributed by atoms with Crippen LogP contribution in [0.5, 0.6) is 0 Å². The van der Waals surface area contributed by atoms with Gasteiger partial charge in [0.15, 0.2) is 0 Å². The Labute approximate surface area is 320 Å². The number of aromatic amines is 2. The minimum atomic E-state index is -0.694. The van der Waals surface area contributed by atoms with Crippen molar-refractivity contribution in [1.29, 1.82) is 0 Å². The van der Waals surface area contributed by atoms with Gasteiger partial charge in [0.05, 0.1) is 49.2 Å². The van der Waals surface area contributed by atoms with Crippen LogP contribution in [0.25, 0.3) is 22.3 Å². The number of alkyl carbamates (subject to hydrolysis) is 2. The number of imidazole rings is 2. The highest BCUT2D eigenvalue weighted by Crippen LogP contribution is 2.33. The second-order valence-electron chi connectivity index (χ2n) is 14.5. The Hall–Kier alpha value is -5.00. The fourth-order valence-electron chi connectivity index (χ4n) is 7.01. The normalized spacial score (nSPS) is 18.6. The molecule has 0 aliphatic carbocycles. The summed E-state index contributed by atoms with van der Waals surface area (Å²) in [5.74, 6) is 9.76. The molecular weight excluding hydrogens is 705 g/mol. The molecular formula is C40H50N8O5S. The number of likely N-dealkylation sites (tertiary alicyclic amines) is 1. The Bertz CT molecular complexity index is 2000. The molecule has 2 aromatic heterocycles. The SMILES string of the molecule is COC(=O)NC(CN1CCCC1c1nc2ccc(C#Cc3ccc(-c4cnc(C5CSCCN5C(=O)C(NC(=O)OC)C(C)C)[nH]4)cc3)cc2[nH]1)C(C)C. The Morgan fingerprint density at radius 1 is 0.907 bits per heavy atom. The van der Waals surface area contributed by atoms with Gasteiger partial charge in [-0.2, -0.15) is 11.8 Å². The number of thioether (sulfide) groups is 1. The van der Waals surface area contributed by atoms with Crippen molar-refractivity contribution in [3.8, 4) is 23.1 Å². The van der Waals surface area contributed by atoms with Crippen LogP contribution in [0.3, 0.4) is 0 Å². The lowest BCUT2D eigenvalue weighted by Gasteiger charge is -2.37. The molecule has 0 spiro atoms. The highest BCUT2D eigenvalue weighted by atomic mass is 32.2. The third-order valence-electron chi connectivity index (χ3n) is 10.2. The number of rotatable bonds is 10. The number of H-pyrrole nitrogens is 2. The van der Waals surface area contributed by atoms with E-state index in [4.69, 9.17) is 14.5 Å². The molecule has 0 bridgehead atoms. The maximum Gasteiger partial charge on any atom is 0.407 e. The van der Waals surface area contributed by atoms with Crippen molar-refractivity contribution in [2.45, 2.75) is 64.7 Å². The van der Waals surface area contributed by atoms with Gasteiger partial charge in [0.25, 0.3) is 0 Å². The molecule has 54 heavy (non-hydrogen) atoms. The van der Waals surface area contributed by atoms with Crippen LogP contribution in [-0.4, -0.2) is 105 Å². The fraction of sp³-hybridized carbons (Fsp3) is 0.475. The predicted molar refractivity (Wildman–Crippen MR) is 210 cm³/mol. The van der Waals surface area contributed by atoms with Crippen molar-refractivity contribution < 1.29 is 23.9 Å². The predicted octanol–water partition coefficient (Wildman–Crippen LogP) is 5.87. The third kappa shape index (κ3) is 9.02. The molecule has 2 aromatic carbocycles. The molecule has 0 radical (unpaired) electrons. The number of carbonyl (C=O) groups excluding carboxylic acids is 3. The van der Waals surface area contributed by atoms with E-state index >= 15 is 0 Å². The number of methoxy groups -OCH3 is 2. The van der Waals surface area contributed by atoms with Gasteiger partial charge in [-0.25, -0.2) is 19.6 Å². The van der Waals surface area contributed by atoms with Crippen molar-refractivity contribution in [2.75, 3.05) is 45.4 Å². The minimum absolute atomic E-state index is 0.0267. The Morgan fingerprint density at radius 2 is 1.63 bits per heavy atom. The zero-order valence-corrected chi connectivity index (χ0v) is 32.6. The van der Waals surface area contributed by atoms with E-state index in [1.807, 2.05) is 61.2 Å². The zero-order valence-electron chi connectivity index (χ0n) is 31.8. The van der Waals surface area contributed by atoms with Crippen LogP contribution >= 0.6 is 11.8 Å². The number of hydrogen-bond donors (Lipinski definition) is 4. The van der Waals surface area contributed by atoms with Crippen LogP contribution in [0.4, 0.5) is 9.59 Å². The molecule has 286 valence electrons. The molecule has 4 unspecified atom stereocenters. The number of amides is 3. The largest absolute Gasteiger partial charge is 0.453 e. The quantitative estimate of drug-likeness (QED) is 0.146. The molecule has 2 saturated heterocycles. The van der Waals surface area contributed by atoms with E-state index in [-0.39, 0.29) is 35.9 Å². The minimum Gasteiger partial charge on any atom is -0.453 e. The molecule has 4 aromatic rings. The lowest BCUT2D eigenvalue weighted by Crippen LogP contribution is -2.54. The lowest BCUT2D eigenvalue weighted by molar-refractivity contribution is -0.136. The van der Waals surface area contributed by atoms with Gasteiger partial charge in [-0.3, -0.25) is 9.69 Å². The molecule has 4 N–H and O–H groups in total. The molecule has 3 amide bonds. The van der Waals surface area contributed by atoms with Gasteiger partial charge in [0.2, 0.25) is 5.91 Å². The number of nitrogens with zero attached hydrogens (tertiary/aromatic N) is 4. The van der Waals surface area contributed by atoms with E-state index in [0.717, 1.165) is 70.9 Å². The Balaban J connectivity index is 1.12. The first-order chi connectivity index (χ1) is 26.0. The van der Waals surface area contributed by atoms with Gasteiger partial charge < -0.3 is 35.0 Å². The number of fused-ring (bicyclic) bond motifs is 1. The topological polar surface area (TPSA) is 158 Å². The van der Waals surface area contributed by atoms with E-state index < -0.39 is 18.2 Å². The van der Waals surface area contributed by atoms with Crippen molar-refractivity contribution in [3.63, 3.8) is 0 Å². The fourth-order valence-corrected chi connectivity index (χ4v) is 8.06. The number of ether oxygens (including phenoxy) is 2.